The molecule has 6 nitrogen and oxygen atoms in total. The maximum Gasteiger partial charge on any atom is 0.407 e. The average Bonchev–Trinajstić information content (AvgIpc) is 3.00. The van der Waals surface area contributed by atoms with Crippen molar-refractivity contribution in [1.82, 2.24) is 5.32 Å². The van der Waals surface area contributed by atoms with Gasteiger partial charge in [0.25, 0.3) is 0 Å². The Balaban J connectivity index is 1.68. The van der Waals surface area contributed by atoms with Gasteiger partial charge in [0.1, 0.15) is 11.7 Å². The summed E-state index contributed by atoms with van der Waals surface area (Å²) < 4.78 is 11.5. The van der Waals surface area contributed by atoms with Crippen molar-refractivity contribution < 1.29 is 19.1 Å². The van der Waals surface area contributed by atoms with E-state index in [0.717, 1.165) is 29.7 Å². The van der Waals surface area contributed by atoms with E-state index < -0.39 is 17.7 Å². The van der Waals surface area contributed by atoms with Crippen LogP contribution in [0.25, 0.3) is 0 Å². The lowest BCUT2D eigenvalue weighted by Crippen LogP contribution is -2.48. The van der Waals surface area contributed by atoms with Crippen molar-refractivity contribution in [2.24, 2.45) is 21.7 Å². The van der Waals surface area contributed by atoms with Crippen molar-refractivity contribution >= 4 is 17.8 Å². The van der Waals surface area contributed by atoms with Gasteiger partial charge in [-0.3, -0.25) is 4.99 Å². The average molecular weight is 441 g/mol. The van der Waals surface area contributed by atoms with Gasteiger partial charge in [0, 0.05) is 23.8 Å². The number of aryl methyl sites for hydroxylation is 1. The molecular weight excluding hydrogens is 404 g/mol. The monoisotopic (exact) mass is 440 g/mol. The highest BCUT2D eigenvalue weighted by molar-refractivity contribution is 6.03. The molecule has 4 rings (SSSR count). The molecule has 2 aliphatic carbocycles. The molecule has 1 heterocycles. The normalized spacial score (nSPS) is 31.4. The molecule has 2 bridgehead atoms. The summed E-state index contributed by atoms with van der Waals surface area (Å²) in [4.78, 5) is 30.7. The second-order valence-corrected chi connectivity index (χ2v) is 11.4. The molecule has 1 aromatic carbocycles. The van der Waals surface area contributed by atoms with Crippen molar-refractivity contribution in [2.45, 2.75) is 85.0 Å². The van der Waals surface area contributed by atoms with Gasteiger partial charge >= 0.3 is 12.1 Å². The minimum absolute atomic E-state index is 0.0403. The van der Waals surface area contributed by atoms with Gasteiger partial charge in [-0.25, -0.2) is 9.59 Å². The standard InChI is InChI=1S/C26H36N2O4/c1-15-10-8-9-11-16(15)17(14-27-23(30)32-24(2,3)4)19-22(29)31-20-18-12-13-26(7,21(20)28-19)25(18,5)6/h8-11,17-20H,12-14H2,1-7H3,(H,27,30)/t17-,18-,19+,20-,26+/m1/s1. The minimum atomic E-state index is -0.690. The number of benzene rings is 1. The van der Waals surface area contributed by atoms with Crippen molar-refractivity contribution in [2.75, 3.05) is 6.54 Å². The van der Waals surface area contributed by atoms with Crippen LogP contribution in [0.5, 0.6) is 0 Å². The van der Waals surface area contributed by atoms with E-state index in [1.54, 1.807) is 0 Å². The number of rotatable bonds is 4. The molecule has 3 aliphatic rings. The van der Waals surface area contributed by atoms with Gasteiger partial charge in [-0.1, -0.05) is 45.0 Å². The number of nitrogens with zero attached hydrogens (tertiary/aromatic N) is 1. The zero-order valence-corrected chi connectivity index (χ0v) is 20.3. The molecule has 0 radical (unpaired) electrons. The number of alkyl carbamates (subject to hydrolysis) is 1. The van der Waals surface area contributed by atoms with E-state index in [9.17, 15) is 9.59 Å². The number of aliphatic imine (C=N–C) groups is 1. The number of ether oxygens (including phenoxy) is 2. The van der Waals surface area contributed by atoms with Crippen LogP contribution in [0.1, 0.15) is 71.4 Å². The number of carbonyl (C=O) groups excluding carboxylic acids is 2. The molecule has 5 atom stereocenters. The van der Waals surface area contributed by atoms with E-state index in [-0.39, 0.29) is 35.4 Å². The third kappa shape index (κ3) is 3.61. The van der Waals surface area contributed by atoms with Crippen LogP contribution in [0.15, 0.2) is 29.3 Å². The summed E-state index contributed by atoms with van der Waals surface area (Å²) in [6.07, 6.45) is 1.41. The predicted molar refractivity (Wildman–Crippen MR) is 124 cm³/mol. The molecule has 0 aromatic heterocycles. The van der Waals surface area contributed by atoms with Crippen molar-refractivity contribution in [3.63, 3.8) is 0 Å². The minimum Gasteiger partial charge on any atom is -0.454 e. The van der Waals surface area contributed by atoms with E-state index in [4.69, 9.17) is 14.5 Å². The first-order valence-electron chi connectivity index (χ1n) is 11.7. The molecule has 174 valence electrons. The van der Waals surface area contributed by atoms with Gasteiger partial charge in [0.15, 0.2) is 6.04 Å². The Kier molecular flexibility index (Phi) is 5.42. The third-order valence-electron chi connectivity index (χ3n) is 8.10. The lowest BCUT2D eigenvalue weighted by Gasteiger charge is -2.37. The van der Waals surface area contributed by atoms with E-state index >= 15 is 0 Å². The quantitative estimate of drug-likeness (QED) is 0.683. The zero-order valence-electron chi connectivity index (χ0n) is 20.3. The fourth-order valence-corrected chi connectivity index (χ4v) is 5.94. The van der Waals surface area contributed by atoms with Crippen molar-refractivity contribution in [3.05, 3.63) is 35.4 Å². The number of hydrogen-bond acceptors (Lipinski definition) is 5. The third-order valence-corrected chi connectivity index (χ3v) is 8.10. The molecule has 1 aliphatic heterocycles. The van der Waals surface area contributed by atoms with Crippen LogP contribution in [0, 0.1) is 23.7 Å². The van der Waals surface area contributed by atoms with Gasteiger partial charge in [0.05, 0.1) is 5.71 Å². The number of nitrogens with one attached hydrogen (secondary N) is 1. The number of hydrogen-bond donors (Lipinski definition) is 1. The summed E-state index contributed by atoms with van der Waals surface area (Å²) in [5.41, 5.74) is 2.44. The summed E-state index contributed by atoms with van der Waals surface area (Å²) in [5, 5.41) is 2.86. The maximum atomic E-state index is 13.3. The topological polar surface area (TPSA) is 77.0 Å². The maximum absolute atomic E-state index is 13.3. The van der Waals surface area contributed by atoms with E-state index in [1.807, 2.05) is 52.0 Å². The molecule has 2 saturated carbocycles. The van der Waals surface area contributed by atoms with Gasteiger partial charge < -0.3 is 14.8 Å². The first-order valence-corrected chi connectivity index (χ1v) is 11.7. The molecule has 6 heteroatoms. The molecule has 32 heavy (non-hydrogen) atoms. The predicted octanol–water partition coefficient (Wildman–Crippen LogP) is 4.79. The molecule has 0 unspecified atom stereocenters. The summed E-state index contributed by atoms with van der Waals surface area (Å²) in [5.74, 6) is -0.326. The Labute approximate surface area is 191 Å². The molecule has 0 saturated heterocycles. The van der Waals surface area contributed by atoms with Crippen LogP contribution >= 0.6 is 0 Å². The lowest BCUT2D eigenvalue weighted by molar-refractivity contribution is -0.152. The molecule has 1 aromatic rings. The Morgan fingerprint density at radius 2 is 1.97 bits per heavy atom. The fourth-order valence-electron chi connectivity index (χ4n) is 5.94. The number of fused-ring (bicyclic) bond motifs is 5. The van der Waals surface area contributed by atoms with Gasteiger partial charge in [0.2, 0.25) is 0 Å². The van der Waals surface area contributed by atoms with Crippen LogP contribution < -0.4 is 5.32 Å². The van der Waals surface area contributed by atoms with Gasteiger partial charge in [-0.15, -0.1) is 0 Å². The summed E-state index contributed by atoms with van der Waals surface area (Å²) in [7, 11) is 0. The van der Waals surface area contributed by atoms with E-state index in [1.165, 1.54) is 0 Å². The van der Waals surface area contributed by atoms with Crippen LogP contribution in [0.4, 0.5) is 4.79 Å². The van der Waals surface area contributed by atoms with Gasteiger partial charge in [-0.2, -0.15) is 0 Å². The van der Waals surface area contributed by atoms with Crippen LogP contribution in [-0.2, 0) is 14.3 Å². The van der Waals surface area contributed by atoms with Gasteiger partial charge in [-0.05, 0) is 57.1 Å². The lowest BCUT2D eigenvalue weighted by atomic mass is 9.70. The first kappa shape index (κ1) is 22.8. The van der Waals surface area contributed by atoms with E-state index in [2.05, 4.69) is 26.1 Å². The fraction of sp³-hybridized carbons (Fsp3) is 0.654. The molecule has 1 N–H and O–H groups in total. The molecular formula is C26H36N2O4. The number of carbonyl (C=O) groups is 2. The van der Waals surface area contributed by atoms with Crippen molar-refractivity contribution in [3.8, 4) is 0 Å². The second-order valence-electron chi connectivity index (χ2n) is 11.4. The largest absolute Gasteiger partial charge is 0.454 e. The second kappa shape index (κ2) is 7.60. The Morgan fingerprint density at radius 3 is 2.62 bits per heavy atom. The van der Waals surface area contributed by atoms with Crippen molar-refractivity contribution in [1.29, 1.82) is 0 Å². The number of esters is 1. The Morgan fingerprint density at radius 1 is 1.28 bits per heavy atom. The summed E-state index contributed by atoms with van der Waals surface area (Å²) in [6, 6.07) is 7.25. The van der Waals surface area contributed by atoms with Crippen LogP contribution in [-0.4, -0.2) is 42.1 Å². The van der Waals surface area contributed by atoms with Crippen LogP contribution in [0.2, 0.25) is 0 Å². The molecule has 0 spiro atoms. The zero-order chi connectivity index (χ0) is 23.5. The summed E-state index contributed by atoms with van der Waals surface area (Å²) >= 11 is 0. The Bertz CT molecular complexity index is 961. The molecule has 2 fully saturated rings. The Hall–Kier alpha value is -2.37. The number of amides is 1. The van der Waals surface area contributed by atoms with E-state index in [0.29, 0.717) is 5.92 Å². The highest BCUT2D eigenvalue weighted by Crippen LogP contribution is 2.65. The highest BCUT2D eigenvalue weighted by atomic mass is 16.6. The molecule has 1 amide bonds. The van der Waals surface area contributed by atoms with Crippen LogP contribution in [0.3, 0.4) is 0 Å². The first-order chi connectivity index (χ1) is 14.8. The highest BCUT2D eigenvalue weighted by Gasteiger charge is 2.67. The summed E-state index contributed by atoms with van der Waals surface area (Å²) in [6.45, 7) is 14.6. The smallest absolute Gasteiger partial charge is 0.407 e. The SMILES string of the molecule is Cc1ccccc1[C@@H](CNC(=O)OC(C)(C)C)[C@@H]1N=C2[C@H](OC1=O)[C@H]1CC[C@]2(C)C1(C)C.